The molecule has 9 heteroatoms. The number of carbonyl (C=O) groups excluding carboxylic acids is 2. The summed E-state index contributed by atoms with van der Waals surface area (Å²) in [5.41, 5.74) is -1.31. The van der Waals surface area contributed by atoms with E-state index in [1.165, 1.54) is 19.1 Å². The molecule has 1 aromatic carbocycles. The van der Waals surface area contributed by atoms with Crippen molar-refractivity contribution in [3.05, 3.63) is 23.8 Å². The molecule has 3 aliphatic rings. The monoisotopic (exact) mass is 453 g/mol. The van der Waals surface area contributed by atoms with Crippen LogP contribution >= 0.6 is 0 Å². The van der Waals surface area contributed by atoms with Crippen LogP contribution in [0.15, 0.2) is 18.2 Å². The van der Waals surface area contributed by atoms with Gasteiger partial charge in [-0.15, -0.1) is 0 Å². The van der Waals surface area contributed by atoms with Crippen molar-refractivity contribution in [2.24, 2.45) is 5.41 Å². The van der Waals surface area contributed by atoms with Gasteiger partial charge in [0.05, 0.1) is 17.1 Å². The van der Waals surface area contributed by atoms with Gasteiger partial charge >= 0.3 is 6.18 Å². The summed E-state index contributed by atoms with van der Waals surface area (Å²) in [6.07, 6.45) is 0.00441. The Kier molecular flexibility index (Phi) is 6.13. The zero-order valence-corrected chi connectivity index (χ0v) is 18.2. The number of nitrogens with zero attached hydrogens (tertiary/aromatic N) is 2. The molecule has 1 aromatic rings. The van der Waals surface area contributed by atoms with E-state index in [4.69, 9.17) is 0 Å². The number of carbonyl (C=O) groups is 2. The van der Waals surface area contributed by atoms with Crippen molar-refractivity contribution in [1.82, 2.24) is 4.90 Å². The lowest BCUT2D eigenvalue weighted by atomic mass is 9.78. The number of aliphatic hydroxyl groups excluding tert-OH is 1. The minimum atomic E-state index is -4.58. The first kappa shape index (κ1) is 22.9. The summed E-state index contributed by atoms with van der Waals surface area (Å²) < 4.78 is 41.6. The zero-order chi connectivity index (χ0) is 23.1. The van der Waals surface area contributed by atoms with Gasteiger partial charge in [0.2, 0.25) is 11.8 Å². The van der Waals surface area contributed by atoms with Crippen LogP contribution in [-0.4, -0.2) is 53.6 Å². The van der Waals surface area contributed by atoms with Gasteiger partial charge in [0.15, 0.2) is 0 Å². The lowest BCUT2D eigenvalue weighted by Gasteiger charge is -2.42. The predicted octanol–water partition coefficient (Wildman–Crippen LogP) is 3.79. The van der Waals surface area contributed by atoms with Crippen LogP contribution in [0, 0.1) is 5.41 Å². The maximum atomic E-state index is 13.9. The normalized spacial score (nSPS) is 29.0. The number of hydrogen-bond donors (Lipinski definition) is 2. The second-order valence-corrected chi connectivity index (χ2v) is 9.43. The number of nitrogens with one attached hydrogen (secondary N) is 1. The Morgan fingerprint density at radius 3 is 2.53 bits per heavy atom. The smallest absolute Gasteiger partial charge is 0.393 e. The van der Waals surface area contributed by atoms with Gasteiger partial charge in [-0.1, -0.05) is 0 Å². The average Bonchev–Trinajstić information content (AvgIpc) is 3.03. The number of rotatable bonds is 3. The lowest BCUT2D eigenvalue weighted by Crippen LogP contribution is -2.50. The van der Waals surface area contributed by atoms with Gasteiger partial charge < -0.3 is 20.2 Å². The quantitative estimate of drug-likeness (QED) is 0.731. The van der Waals surface area contributed by atoms with E-state index in [2.05, 4.69) is 5.32 Å². The molecule has 1 aliphatic carbocycles. The highest BCUT2D eigenvalue weighted by molar-refractivity contribution is 5.89. The summed E-state index contributed by atoms with van der Waals surface area (Å²) in [6.45, 7) is 2.59. The van der Waals surface area contributed by atoms with Crippen molar-refractivity contribution in [2.75, 3.05) is 29.9 Å². The predicted molar refractivity (Wildman–Crippen MR) is 114 cm³/mol. The molecule has 0 aromatic heterocycles. The highest BCUT2D eigenvalue weighted by Gasteiger charge is 2.51. The molecule has 3 fully saturated rings. The number of amides is 2. The summed E-state index contributed by atoms with van der Waals surface area (Å²) in [7, 11) is 0. The average molecular weight is 454 g/mol. The third-order valence-electron chi connectivity index (χ3n) is 7.19. The molecule has 0 bridgehead atoms. The van der Waals surface area contributed by atoms with Crippen LogP contribution in [0.2, 0.25) is 0 Å². The topological polar surface area (TPSA) is 72.9 Å². The van der Waals surface area contributed by atoms with Crippen molar-refractivity contribution < 1.29 is 27.9 Å². The SMILES string of the molecule is CC(=O)Nc1ccc(N2CCC[C@]3(CCN([C@H]4CC[C@H](O)CC4)C3=O)C2)c(C(F)(F)F)c1. The van der Waals surface area contributed by atoms with Gasteiger partial charge in [-0.3, -0.25) is 9.59 Å². The van der Waals surface area contributed by atoms with Crippen molar-refractivity contribution in [3.63, 3.8) is 0 Å². The largest absolute Gasteiger partial charge is 0.418 e. The minimum absolute atomic E-state index is 0.0482. The Bertz CT molecular complexity index is 883. The molecule has 176 valence electrons. The van der Waals surface area contributed by atoms with Crippen molar-refractivity contribution in [2.45, 2.75) is 70.2 Å². The van der Waals surface area contributed by atoms with Gasteiger partial charge in [-0.2, -0.15) is 13.2 Å². The first-order valence-electron chi connectivity index (χ1n) is 11.3. The fourth-order valence-corrected chi connectivity index (χ4v) is 5.60. The van der Waals surface area contributed by atoms with Crippen LogP contribution in [0.25, 0.3) is 0 Å². The molecule has 1 saturated carbocycles. The molecule has 1 spiro atoms. The number of aliphatic hydroxyl groups is 1. The van der Waals surface area contributed by atoms with Gasteiger partial charge in [-0.25, -0.2) is 0 Å². The standard InChI is InChI=1S/C23H30F3N3O3/c1-15(30)27-16-3-8-20(19(13-16)23(24,25)26)28-11-2-9-22(14-28)10-12-29(21(22)32)17-4-6-18(31)7-5-17/h3,8,13,17-18,31H,2,4-7,9-12,14H2,1H3,(H,27,30)/t17-,18-,22-/m0/s1. The Morgan fingerprint density at radius 1 is 1.16 bits per heavy atom. The van der Waals surface area contributed by atoms with E-state index in [1.54, 1.807) is 4.90 Å². The maximum Gasteiger partial charge on any atom is 0.418 e. The molecule has 4 rings (SSSR count). The maximum absolute atomic E-state index is 13.9. The lowest BCUT2D eigenvalue weighted by molar-refractivity contribution is -0.139. The van der Waals surface area contributed by atoms with Crippen LogP contribution in [0.4, 0.5) is 24.5 Å². The zero-order valence-electron chi connectivity index (χ0n) is 18.2. The molecular weight excluding hydrogens is 423 g/mol. The van der Waals surface area contributed by atoms with E-state index in [0.717, 1.165) is 18.9 Å². The minimum Gasteiger partial charge on any atom is -0.393 e. The number of anilines is 2. The molecule has 32 heavy (non-hydrogen) atoms. The van der Waals surface area contributed by atoms with Gasteiger partial charge in [0.1, 0.15) is 0 Å². The summed E-state index contributed by atoms with van der Waals surface area (Å²) in [6, 6.07) is 3.95. The number of hydrogen-bond acceptors (Lipinski definition) is 4. The molecule has 2 heterocycles. The van der Waals surface area contributed by atoms with E-state index in [9.17, 15) is 27.9 Å². The molecule has 2 amide bonds. The molecule has 1 atom stereocenters. The summed E-state index contributed by atoms with van der Waals surface area (Å²) >= 11 is 0. The molecule has 6 nitrogen and oxygen atoms in total. The summed E-state index contributed by atoms with van der Waals surface area (Å²) in [5.74, 6) is -0.387. The first-order valence-corrected chi connectivity index (χ1v) is 11.3. The van der Waals surface area contributed by atoms with E-state index in [1.807, 2.05) is 4.90 Å². The summed E-state index contributed by atoms with van der Waals surface area (Å²) in [5, 5.41) is 12.2. The summed E-state index contributed by atoms with van der Waals surface area (Å²) in [4.78, 5) is 28.4. The number of alkyl halides is 3. The molecule has 0 unspecified atom stereocenters. The van der Waals surface area contributed by atoms with Crippen LogP contribution in [-0.2, 0) is 15.8 Å². The highest BCUT2D eigenvalue weighted by Crippen LogP contribution is 2.46. The third kappa shape index (κ3) is 4.44. The fraction of sp³-hybridized carbons (Fsp3) is 0.652. The Morgan fingerprint density at radius 2 is 1.88 bits per heavy atom. The molecule has 0 radical (unpaired) electrons. The molecule has 2 N–H and O–H groups in total. The highest BCUT2D eigenvalue weighted by atomic mass is 19.4. The van der Waals surface area contributed by atoms with Crippen molar-refractivity contribution in [1.29, 1.82) is 0 Å². The van der Waals surface area contributed by atoms with Gasteiger partial charge in [-0.05, 0) is 63.1 Å². The Labute approximate surface area is 185 Å². The van der Waals surface area contributed by atoms with E-state index < -0.39 is 23.1 Å². The second-order valence-electron chi connectivity index (χ2n) is 9.43. The van der Waals surface area contributed by atoms with Crippen LogP contribution in [0.5, 0.6) is 0 Å². The van der Waals surface area contributed by atoms with Gasteiger partial charge in [0.25, 0.3) is 0 Å². The number of piperidine rings is 1. The van der Waals surface area contributed by atoms with Gasteiger partial charge in [0, 0.05) is 44.0 Å². The van der Waals surface area contributed by atoms with E-state index in [0.29, 0.717) is 45.2 Å². The molecule has 2 aliphatic heterocycles. The second kappa shape index (κ2) is 8.57. The number of benzene rings is 1. The molecule has 2 saturated heterocycles. The third-order valence-corrected chi connectivity index (χ3v) is 7.19. The van der Waals surface area contributed by atoms with E-state index >= 15 is 0 Å². The van der Waals surface area contributed by atoms with Crippen LogP contribution < -0.4 is 10.2 Å². The Balaban J connectivity index is 1.56. The number of halogens is 3. The van der Waals surface area contributed by atoms with Crippen LogP contribution in [0.3, 0.4) is 0 Å². The first-order chi connectivity index (χ1) is 15.1. The Hall–Kier alpha value is -2.29. The fourth-order valence-electron chi connectivity index (χ4n) is 5.60. The van der Waals surface area contributed by atoms with Crippen molar-refractivity contribution >= 4 is 23.2 Å². The van der Waals surface area contributed by atoms with Crippen LogP contribution in [0.1, 0.15) is 57.4 Å². The van der Waals surface area contributed by atoms with Crippen molar-refractivity contribution in [3.8, 4) is 0 Å². The number of likely N-dealkylation sites (tertiary alicyclic amines) is 1. The van der Waals surface area contributed by atoms with E-state index in [-0.39, 0.29) is 36.0 Å². The molecular formula is C23H30F3N3O3.